The van der Waals surface area contributed by atoms with Crippen LogP contribution in [0.1, 0.15) is 36.0 Å². The maximum Gasteiger partial charge on any atom is 0.255 e. The van der Waals surface area contributed by atoms with Crippen LogP contribution in [0.15, 0.2) is 18.2 Å². The molecular weight excluding hydrogens is 268 g/mol. The molecule has 1 aromatic carbocycles. The molecule has 1 fully saturated rings. The van der Waals surface area contributed by atoms with Crippen LogP contribution in [0.2, 0.25) is 0 Å². The minimum Gasteiger partial charge on any atom is -0.486 e. The summed E-state index contributed by atoms with van der Waals surface area (Å²) in [5.41, 5.74) is 6.53. The Hall–Kier alpha value is -1.75. The molecule has 3 rings (SSSR count). The van der Waals surface area contributed by atoms with Gasteiger partial charge < -0.3 is 20.5 Å². The fourth-order valence-corrected chi connectivity index (χ4v) is 3.10. The summed E-state index contributed by atoms with van der Waals surface area (Å²) in [5, 5.41) is 3.01. The lowest BCUT2D eigenvalue weighted by molar-refractivity contribution is 0.0931. The van der Waals surface area contributed by atoms with E-state index in [1.54, 1.807) is 6.07 Å². The Morgan fingerprint density at radius 3 is 3.00 bits per heavy atom. The molecule has 0 spiro atoms. The van der Waals surface area contributed by atoms with Crippen molar-refractivity contribution in [2.24, 2.45) is 11.7 Å². The number of para-hydroxylation sites is 1. The average Bonchev–Trinajstić information content (AvgIpc) is 2.52. The largest absolute Gasteiger partial charge is 0.486 e. The van der Waals surface area contributed by atoms with Crippen LogP contribution >= 0.6 is 0 Å². The molecule has 1 aliphatic heterocycles. The molecule has 5 heteroatoms. The van der Waals surface area contributed by atoms with Crippen LogP contribution in [0.4, 0.5) is 0 Å². The number of nitrogens with two attached hydrogens (primary N) is 1. The van der Waals surface area contributed by atoms with E-state index in [-0.39, 0.29) is 11.9 Å². The van der Waals surface area contributed by atoms with Gasteiger partial charge in [-0.3, -0.25) is 4.79 Å². The number of ether oxygens (including phenoxy) is 2. The van der Waals surface area contributed by atoms with E-state index in [1.165, 1.54) is 0 Å². The van der Waals surface area contributed by atoms with Crippen molar-refractivity contribution in [3.8, 4) is 11.5 Å². The predicted molar refractivity (Wildman–Crippen MR) is 79.7 cm³/mol. The normalized spacial score (nSPS) is 24.4. The van der Waals surface area contributed by atoms with Crippen molar-refractivity contribution in [3.05, 3.63) is 23.8 Å². The van der Waals surface area contributed by atoms with E-state index in [4.69, 9.17) is 15.2 Å². The number of fused-ring (bicyclic) bond motifs is 1. The van der Waals surface area contributed by atoms with Gasteiger partial charge in [-0.05, 0) is 37.3 Å². The standard InChI is InChI=1S/C16H22N2O3/c17-12-4-1-3-11(9-12)10-18-16(19)13-5-2-6-14-15(13)21-8-7-20-14/h2,5-6,11-12H,1,3-4,7-10,17H2,(H,18,19). The highest BCUT2D eigenvalue weighted by molar-refractivity contribution is 5.97. The molecule has 0 saturated heterocycles. The molecular formula is C16H22N2O3. The maximum absolute atomic E-state index is 12.4. The summed E-state index contributed by atoms with van der Waals surface area (Å²) in [5.74, 6) is 1.58. The summed E-state index contributed by atoms with van der Waals surface area (Å²) in [4.78, 5) is 12.4. The molecule has 2 unspecified atom stereocenters. The SMILES string of the molecule is NC1CCCC(CNC(=O)c2cccc3c2OCCO3)C1. The second-order valence-electron chi connectivity index (χ2n) is 5.83. The zero-order chi connectivity index (χ0) is 14.7. The topological polar surface area (TPSA) is 73.6 Å². The maximum atomic E-state index is 12.4. The third-order valence-corrected chi connectivity index (χ3v) is 4.19. The van der Waals surface area contributed by atoms with Crippen molar-refractivity contribution >= 4 is 5.91 Å². The molecule has 3 N–H and O–H groups in total. The number of carbonyl (C=O) groups excluding carboxylic acids is 1. The molecule has 21 heavy (non-hydrogen) atoms. The van der Waals surface area contributed by atoms with Crippen molar-refractivity contribution < 1.29 is 14.3 Å². The molecule has 0 radical (unpaired) electrons. The summed E-state index contributed by atoms with van der Waals surface area (Å²) in [6, 6.07) is 5.70. The molecule has 1 aromatic rings. The predicted octanol–water partition coefficient (Wildman–Crippen LogP) is 1.71. The Bertz CT molecular complexity index is 518. The summed E-state index contributed by atoms with van der Waals surface area (Å²) < 4.78 is 11.1. The monoisotopic (exact) mass is 290 g/mol. The van der Waals surface area contributed by atoms with Gasteiger partial charge in [0.05, 0.1) is 5.56 Å². The highest BCUT2D eigenvalue weighted by Gasteiger charge is 2.23. The van der Waals surface area contributed by atoms with Crippen LogP contribution in [0, 0.1) is 5.92 Å². The van der Waals surface area contributed by atoms with E-state index in [9.17, 15) is 4.79 Å². The van der Waals surface area contributed by atoms with E-state index in [1.807, 2.05) is 12.1 Å². The first-order valence-electron chi connectivity index (χ1n) is 7.66. The van der Waals surface area contributed by atoms with Crippen molar-refractivity contribution in [2.45, 2.75) is 31.7 Å². The first kappa shape index (κ1) is 14.2. The van der Waals surface area contributed by atoms with E-state index < -0.39 is 0 Å². The third-order valence-electron chi connectivity index (χ3n) is 4.19. The van der Waals surface area contributed by atoms with Gasteiger partial charge in [0.2, 0.25) is 0 Å². The van der Waals surface area contributed by atoms with Gasteiger partial charge in [-0.25, -0.2) is 0 Å². The fourth-order valence-electron chi connectivity index (χ4n) is 3.10. The van der Waals surface area contributed by atoms with Crippen LogP contribution < -0.4 is 20.5 Å². The molecule has 2 atom stereocenters. The van der Waals surface area contributed by atoms with Gasteiger partial charge in [-0.15, -0.1) is 0 Å². The second kappa shape index (κ2) is 6.35. The van der Waals surface area contributed by atoms with Gasteiger partial charge in [-0.1, -0.05) is 12.5 Å². The van der Waals surface area contributed by atoms with Gasteiger partial charge in [0.1, 0.15) is 13.2 Å². The molecule has 1 heterocycles. The quantitative estimate of drug-likeness (QED) is 0.888. The van der Waals surface area contributed by atoms with Gasteiger partial charge in [0, 0.05) is 12.6 Å². The fraction of sp³-hybridized carbons (Fsp3) is 0.562. The van der Waals surface area contributed by atoms with Crippen LogP contribution in [0.3, 0.4) is 0 Å². The van der Waals surface area contributed by atoms with Gasteiger partial charge in [0.25, 0.3) is 5.91 Å². The number of nitrogens with one attached hydrogen (secondary N) is 1. The minimum absolute atomic E-state index is 0.100. The van der Waals surface area contributed by atoms with Crippen molar-refractivity contribution in [2.75, 3.05) is 19.8 Å². The molecule has 5 nitrogen and oxygen atoms in total. The van der Waals surface area contributed by atoms with Crippen molar-refractivity contribution in [1.29, 1.82) is 0 Å². The second-order valence-corrected chi connectivity index (χ2v) is 5.83. The Morgan fingerprint density at radius 2 is 2.14 bits per heavy atom. The molecule has 0 aromatic heterocycles. The van der Waals surface area contributed by atoms with Crippen LogP contribution in [0.5, 0.6) is 11.5 Å². The van der Waals surface area contributed by atoms with Crippen molar-refractivity contribution in [1.82, 2.24) is 5.32 Å². The van der Waals surface area contributed by atoms with Gasteiger partial charge in [0.15, 0.2) is 11.5 Å². The van der Waals surface area contributed by atoms with E-state index in [0.29, 0.717) is 42.7 Å². The molecule has 0 bridgehead atoms. The lowest BCUT2D eigenvalue weighted by atomic mass is 9.86. The molecule has 1 aliphatic carbocycles. The first-order valence-corrected chi connectivity index (χ1v) is 7.66. The number of hydrogen-bond acceptors (Lipinski definition) is 4. The number of rotatable bonds is 3. The number of carbonyl (C=O) groups is 1. The minimum atomic E-state index is -0.100. The summed E-state index contributed by atoms with van der Waals surface area (Å²) >= 11 is 0. The van der Waals surface area contributed by atoms with E-state index in [0.717, 1.165) is 25.7 Å². The summed E-state index contributed by atoms with van der Waals surface area (Å²) in [7, 11) is 0. The highest BCUT2D eigenvalue weighted by atomic mass is 16.6. The smallest absolute Gasteiger partial charge is 0.255 e. The number of hydrogen-bond donors (Lipinski definition) is 2. The molecule has 2 aliphatic rings. The average molecular weight is 290 g/mol. The zero-order valence-corrected chi connectivity index (χ0v) is 12.1. The summed E-state index contributed by atoms with van der Waals surface area (Å²) in [6.45, 7) is 1.68. The van der Waals surface area contributed by atoms with Crippen LogP contribution in [-0.2, 0) is 0 Å². The van der Waals surface area contributed by atoms with Crippen LogP contribution in [0.25, 0.3) is 0 Å². The first-order chi connectivity index (χ1) is 10.2. The lowest BCUT2D eigenvalue weighted by Gasteiger charge is -2.27. The van der Waals surface area contributed by atoms with E-state index in [2.05, 4.69) is 5.32 Å². The number of benzene rings is 1. The Kier molecular flexibility index (Phi) is 4.29. The van der Waals surface area contributed by atoms with E-state index >= 15 is 0 Å². The zero-order valence-electron chi connectivity index (χ0n) is 12.1. The molecule has 1 saturated carbocycles. The van der Waals surface area contributed by atoms with Gasteiger partial charge >= 0.3 is 0 Å². The third kappa shape index (κ3) is 3.29. The summed E-state index contributed by atoms with van der Waals surface area (Å²) in [6.07, 6.45) is 4.38. The highest BCUT2D eigenvalue weighted by Crippen LogP contribution is 2.33. The Labute approximate surface area is 124 Å². The molecule has 1 amide bonds. The Balaban J connectivity index is 1.63. The lowest BCUT2D eigenvalue weighted by Crippen LogP contribution is -2.36. The molecule has 114 valence electrons. The Morgan fingerprint density at radius 1 is 1.29 bits per heavy atom. The number of amides is 1. The van der Waals surface area contributed by atoms with Gasteiger partial charge in [-0.2, -0.15) is 0 Å². The van der Waals surface area contributed by atoms with Crippen LogP contribution in [-0.4, -0.2) is 31.7 Å². The van der Waals surface area contributed by atoms with Crippen molar-refractivity contribution in [3.63, 3.8) is 0 Å².